The van der Waals surface area contributed by atoms with E-state index in [2.05, 4.69) is 80.7 Å². The summed E-state index contributed by atoms with van der Waals surface area (Å²) in [5, 5.41) is 0. The molecular weight excluding hydrogens is 750 g/mol. The monoisotopic (exact) mass is 834 g/mol. The molecule has 0 aliphatic heterocycles. The van der Waals surface area contributed by atoms with Crippen molar-refractivity contribution in [2.45, 2.75) is 174 Å². The largest absolute Gasteiger partial charge is 0.756 e. The number of esters is 2. The maximum Gasteiger partial charge on any atom is 0.306 e. The van der Waals surface area contributed by atoms with Gasteiger partial charge in [0.05, 0.1) is 27.7 Å². The van der Waals surface area contributed by atoms with E-state index in [-0.39, 0.29) is 26.1 Å². The van der Waals surface area contributed by atoms with Gasteiger partial charge in [0.1, 0.15) is 19.8 Å². The number of allylic oxidation sites excluding steroid dienone is 12. The molecule has 0 spiro atoms. The number of nitrogens with zero attached hydrogens (tertiary/aromatic N) is 1. The summed E-state index contributed by atoms with van der Waals surface area (Å²) < 4.78 is 33.8. The standard InChI is InChI=1S/C48H84NO8P/c1-6-8-10-12-14-16-18-20-22-24-26-28-30-32-34-36-38-40-47(50)54-44-46(45-56-58(52,53)55-43-42-49(3,4)5)57-48(51)41-39-37-35-33-31-29-27-25-23-21-19-17-15-13-11-9-7-2/h14-17,20-23,27,29,33,35,46H,6-13,18-19,24-26,28,30-32,34,36-45H2,1-5H3/b16-14-,17-15-,22-20-,23-21-,29-27-,35-33-/t46-/m1/s1. The number of quaternary nitrogens is 1. The molecule has 0 aromatic rings. The van der Waals surface area contributed by atoms with Crippen LogP contribution in [0.1, 0.15) is 168 Å². The highest BCUT2D eigenvalue weighted by Gasteiger charge is 2.21. The fourth-order valence-corrected chi connectivity index (χ4v) is 6.35. The number of likely N-dealkylation sites (N-methyl/N-ethyl adjacent to an activating group) is 1. The molecule has 0 aliphatic rings. The summed E-state index contributed by atoms with van der Waals surface area (Å²) in [7, 11) is 1.12. The first-order valence-corrected chi connectivity index (χ1v) is 24.1. The minimum atomic E-state index is -4.65. The molecule has 0 aliphatic carbocycles. The average Bonchev–Trinajstić information content (AvgIpc) is 3.17. The fourth-order valence-electron chi connectivity index (χ4n) is 5.62. The quantitative estimate of drug-likeness (QED) is 0.0197. The normalized spacial score (nSPS) is 14.2. The predicted octanol–water partition coefficient (Wildman–Crippen LogP) is 12.4. The Morgan fingerprint density at radius 1 is 0.534 bits per heavy atom. The van der Waals surface area contributed by atoms with Crippen molar-refractivity contribution in [2.24, 2.45) is 0 Å². The minimum Gasteiger partial charge on any atom is -0.756 e. The number of rotatable bonds is 40. The van der Waals surface area contributed by atoms with Crippen LogP contribution in [0.15, 0.2) is 72.9 Å². The first-order chi connectivity index (χ1) is 28.0. The Hall–Kier alpha value is -2.55. The van der Waals surface area contributed by atoms with Crippen molar-refractivity contribution in [1.29, 1.82) is 0 Å². The van der Waals surface area contributed by atoms with Crippen LogP contribution in [0.5, 0.6) is 0 Å². The summed E-state index contributed by atoms with van der Waals surface area (Å²) in [6, 6.07) is 0. The summed E-state index contributed by atoms with van der Waals surface area (Å²) in [6.07, 6.45) is 49.3. The summed E-state index contributed by atoms with van der Waals surface area (Å²) in [4.78, 5) is 37.5. The van der Waals surface area contributed by atoms with Gasteiger partial charge in [0.25, 0.3) is 7.82 Å². The van der Waals surface area contributed by atoms with Gasteiger partial charge in [-0.15, -0.1) is 0 Å². The summed E-state index contributed by atoms with van der Waals surface area (Å²) in [6.45, 7) is 4.09. The molecular formula is C48H84NO8P. The molecule has 0 bridgehead atoms. The molecule has 0 aromatic carbocycles. The lowest BCUT2D eigenvalue weighted by Gasteiger charge is -2.28. The molecule has 0 saturated carbocycles. The summed E-state index contributed by atoms with van der Waals surface area (Å²) in [5.74, 6) is -0.915. The fraction of sp³-hybridized carbons (Fsp3) is 0.708. The molecule has 0 N–H and O–H groups in total. The lowest BCUT2D eigenvalue weighted by Crippen LogP contribution is -2.37. The van der Waals surface area contributed by atoms with Gasteiger partial charge < -0.3 is 27.9 Å². The Labute approximate surface area is 355 Å². The predicted molar refractivity (Wildman–Crippen MR) is 240 cm³/mol. The number of phosphoric ester groups is 1. The van der Waals surface area contributed by atoms with Gasteiger partial charge in [-0.25, -0.2) is 0 Å². The molecule has 0 rings (SSSR count). The van der Waals surface area contributed by atoms with Gasteiger partial charge in [-0.1, -0.05) is 145 Å². The molecule has 1 unspecified atom stereocenters. The second kappa shape index (κ2) is 39.9. The summed E-state index contributed by atoms with van der Waals surface area (Å²) in [5.41, 5.74) is 0. The Morgan fingerprint density at radius 2 is 0.948 bits per heavy atom. The molecule has 0 saturated heterocycles. The first kappa shape index (κ1) is 55.5. The molecule has 0 radical (unpaired) electrons. The van der Waals surface area contributed by atoms with E-state index in [1.807, 2.05) is 27.2 Å². The van der Waals surface area contributed by atoms with Crippen LogP contribution in [0.3, 0.4) is 0 Å². The smallest absolute Gasteiger partial charge is 0.306 e. The number of carbonyl (C=O) groups excluding carboxylic acids is 2. The second-order valence-electron chi connectivity index (χ2n) is 16.1. The van der Waals surface area contributed by atoms with Crippen LogP contribution in [0, 0.1) is 0 Å². The van der Waals surface area contributed by atoms with Gasteiger partial charge in [0.15, 0.2) is 6.10 Å². The SMILES string of the molecule is CCCCC/C=C\C/C=C\C/C=C\C/C=C\CCCC(=O)O[C@H](COC(=O)CCCCCCCCC/C=C\C/C=C\CCCCC)COP(=O)([O-])OCC[N+](C)(C)C. The highest BCUT2D eigenvalue weighted by atomic mass is 31.2. The van der Waals surface area contributed by atoms with Crippen LogP contribution in [-0.4, -0.2) is 70.0 Å². The van der Waals surface area contributed by atoms with Crippen LogP contribution >= 0.6 is 7.82 Å². The number of hydrogen-bond acceptors (Lipinski definition) is 8. The van der Waals surface area contributed by atoms with Crippen molar-refractivity contribution in [3.05, 3.63) is 72.9 Å². The van der Waals surface area contributed by atoms with Crippen molar-refractivity contribution >= 4 is 19.8 Å². The molecule has 0 amide bonds. The highest BCUT2D eigenvalue weighted by molar-refractivity contribution is 7.45. The third kappa shape index (κ3) is 43.0. The Morgan fingerprint density at radius 3 is 1.43 bits per heavy atom. The number of unbranched alkanes of at least 4 members (excludes halogenated alkanes) is 14. The summed E-state index contributed by atoms with van der Waals surface area (Å²) >= 11 is 0. The lowest BCUT2D eigenvalue weighted by molar-refractivity contribution is -0.870. The van der Waals surface area contributed by atoms with Crippen LogP contribution in [-0.2, 0) is 32.7 Å². The van der Waals surface area contributed by atoms with E-state index < -0.39 is 32.5 Å². The number of carbonyl (C=O) groups is 2. The Balaban J connectivity index is 4.46. The molecule has 58 heavy (non-hydrogen) atoms. The number of hydrogen-bond donors (Lipinski definition) is 0. The molecule has 10 heteroatoms. The zero-order chi connectivity index (χ0) is 42.8. The zero-order valence-electron chi connectivity index (χ0n) is 37.5. The molecule has 9 nitrogen and oxygen atoms in total. The second-order valence-corrected chi connectivity index (χ2v) is 17.5. The van der Waals surface area contributed by atoms with Gasteiger partial charge >= 0.3 is 11.9 Å². The van der Waals surface area contributed by atoms with E-state index >= 15 is 0 Å². The van der Waals surface area contributed by atoms with Crippen molar-refractivity contribution in [3.63, 3.8) is 0 Å². The van der Waals surface area contributed by atoms with E-state index in [0.29, 0.717) is 30.3 Å². The van der Waals surface area contributed by atoms with Crippen molar-refractivity contribution < 1.29 is 42.1 Å². The van der Waals surface area contributed by atoms with Gasteiger partial charge in [0, 0.05) is 12.8 Å². The first-order valence-electron chi connectivity index (χ1n) is 22.6. The van der Waals surface area contributed by atoms with Gasteiger partial charge in [-0.05, 0) is 83.5 Å². The van der Waals surface area contributed by atoms with Crippen LogP contribution in [0.4, 0.5) is 0 Å². The highest BCUT2D eigenvalue weighted by Crippen LogP contribution is 2.38. The number of phosphoric acid groups is 1. The Bertz CT molecular complexity index is 1220. The van der Waals surface area contributed by atoms with Gasteiger partial charge in [0.2, 0.25) is 0 Å². The van der Waals surface area contributed by atoms with E-state index in [1.165, 1.54) is 70.6 Å². The van der Waals surface area contributed by atoms with Crippen molar-refractivity contribution in [1.82, 2.24) is 0 Å². The maximum absolute atomic E-state index is 12.7. The third-order valence-electron chi connectivity index (χ3n) is 9.20. The van der Waals surface area contributed by atoms with E-state index in [0.717, 1.165) is 51.4 Å². The lowest BCUT2D eigenvalue weighted by atomic mass is 10.1. The van der Waals surface area contributed by atoms with Gasteiger partial charge in [-0.3, -0.25) is 14.2 Å². The minimum absolute atomic E-state index is 0.0457. The maximum atomic E-state index is 12.7. The molecule has 0 aromatic heterocycles. The molecule has 2 atom stereocenters. The van der Waals surface area contributed by atoms with E-state index in [1.54, 1.807) is 0 Å². The molecule has 0 heterocycles. The third-order valence-corrected chi connectivity index (χ3v) is 10.2. The van der Waals surface area contributed by atoms with Gasteiger partial charge in [-0.2, -0.15) is 0 Å². The molecule has 334 valence electrons. The van der Waals surface area contributed by atoms with Crippen molar-refractivity contribution in [2.75, 3.05) is 47.5 Å². The van der Waals surface area contributed by atoms with E-state index in [9.17, 15) is 19.0 Å². The van der Waals surface area contributed by atoms with E-state index in [4.69, 9.17) is 18.5 Å². The average molecular weight is 834 g/mol. The molecule has 0 fully saturated rings. The van der Waals surface area contributed by atoms with Crippen LogP contribution in [0.25, 0.3) is 0 Å². The van der Waals surface area contributed by atoms with Crippen LogP contribution in [0.2, 0.25) is 0 Å². The Kier molecular flexibility index (Phi) is 38.1. The topological polar surface area (TPSA) is 111 Å². The number of ether oxygens (including phenoxy) is 2. The van der Waals surface area contributed by atoms with Crippen molar-refractivity contribution in [3.8, 4) is 0 Å². The van der Waals surface area contributed by atoms with Crippen LogP contribution < -0.4 is 4.89 Å². The zero-order valence-corrected chi connectivity index (χ0v) is 38.4.